The summed E-state index contributed by atoms with van der Waals surface area (Å²) in [5, 5.41) is 6.34. The third-order valence-corrected chi connectivity index (χ3v) is 6.53. The van der Waals surface area contributed by atoms with Crippen LogP contribution in [0.3, 0.4) is 0 Å². The van der Waals surface area contributed by atoms with Gasteiger partial charge in [0.25, 0.3) is 5.91 Å². The molecule has 174 valence electrons. The van der Waals surface area contributed by atoms with Crippen LogP contribution in [-0.4, -0.2) is 36.4 Å². The molecule has 1 aromatic heterocycles. The molecule has 1 atom stereocenters. The highest BCUT2D eigenvalue weighted by atomic mass is 16.2. The van der Waals surface area contributed by atoms with E-state index >= 15 is 0 Å². The summed E-state index contributed by atoms with van der Waals surface area (Å²) in [6.45, 7) is 3.29. The molecule has 1 fully saturated rings. The molecule has 0 radical (unpaired) electrons. The maximum absolute atomic E-state index is 12.9. The molecule has 0 saturated heterocycles. The van der Waals surface area contributed by atoms with Gasteiger partial charge >= 0.3 is 0 Å². The third kappa shape index (κ3) is 4.59. The second-order valence-corrected chi connectivity index (χ2v) is 9.10. The summed E-state index contributed by atoms with van der Waals surface area (Å²) in [6, 6.07) is 19.2. The first-order valence-electron chi connectivity index (χ1n) is 11.7. The van der Waals surface area contributed by atoms with E-state index in [-0.39, 0.29) is 17.9 Å². The van der Waals surface area contributed by atoms with Crippen molar-refractivity contribution in [3.63, 3.8) is 0 Å². The molecule has 2 N–H and O–H groups in total. The Hall–Kier alpha value is -3.87. The fourth-order valence-corrected chi connectivity index (χ4v) is 4.28. The van der Waals surface area contributed by atoms with Crippen molar-refractivity contribution in [2.45, 2.75) is 32.4 Å². The standard InChI is InChI=1S/C27H29N5O2/c1-18-27(34)31(2)24-16-28-25(14-23(24)32(18)17-20-7-4-3-5-8-20)30-22-10-6-9-21(13-22)26(33)29-15-19-11-12-19/h3-10,13-14,16,18-19H,11-12,15,17H2,1-2H3,(H,28,30)(H,29,33). The fourth-order valence-electron chi connectivity index (χ4n) is 4.28. The van der Waals surface area contributed by atoms with Gasteiger partial charge in [-0.3, -0.25) is 9.59 Å². The molecule has 2 aliphatic rings. The van der Waals surface area contributed by atoms with E-state index in [9.17, 15) is 9.59 Å². The van der Waals surface area contributed by atoms with Crippen LogP contribution in [-0.2, 0) is 11.3 Å². The van der Waals surface area contributed by atoms with E-state index < -0.39 is 0 Å². The molecule has 34 heavy (non-hydrogen) atoms. The van der Waals surface area contributed by atoms with Gasteiger partial charge in [0.05, 0.1) is 17.6 Å². The average Bonchev–Trinajstić information content (AvgIpc) is 3.69. The van der Waals surface area contributed by atoms with E-state index in [4.69, 9.17) is 0 Å². The number of hydrogen-bond acceptors (Lipinski definition) is 5. The molecule has 1 aliphatic heterocycles. The van der Waals surface area contributed by atoms with Crippen molar-refractivity contribution in [2.24, 2.45) is 5.92 Å². The van der Waals surface area contributed by atoms with Crippen molar-refractivity contribution >= 4 is 34.7 Å². The maximum Gasteiger partial charge on any atom is 0.251 e. The summed E-state index contributed by atoms with van der Waals surface area (Å²) < 4.78 is 0. The lowest BCUT2D eigenvalue weighted by Gasteiger charge is -2.40. The van der Waals surface area contributed by atoms with Crippen LogP contribution in [0.25, 0.3) is 0 Å². The zero-order valence-electron chi connectivity index (χ0n) is 19.5. The second-order valence-electron chi connectivity index (χ2n) is 9.10. The summed E-state index contributed by atoms with van der Waals surface area (Å²) >= 11 is 0. The molecule has 1 unspecified atom stereocenters. The second kappa shape index (κ2) is 9.17. The Morgan fingerprint density at radius 3 is 2.62 bits per heavy atom. The molecular weight excluding hydrogens is 426 g/mol. The van der Waals surface area contributed by atoms with Gasteiger partial charge in [0.15, 0.2) is 0 Å². The first kappa shape index (κ1) is 21.9. The van der Waals surface area contributed by atoms with E-state index in [0.29, 0.717) is 23.8 Å². The molecule has 2 amide bonds. The van der Waals surface area contributed by atoms with Gasteiger partial charge in [-0.15, -0.1) is 0 Å². The van der Waals surface area contributed by atoms with Gasteiger partial charge in [0, 0.05) is 37.5 Å². The lowest BCUT2D eigenvalue weighted by Crippen LogP contribution is -2.50. The molecule has 5 rings (SSSR count). The quantitative estimate of drug-likeness (QED) is 0.554. The van der Waals surface area contributed by atoms with Gasteiger partial charge in [-0.25, -0.2) is 4.98 Å². The number of nitrogens with one attached hydrogen (secondary N) is 2. The molecule has 1 saturated carbocycles. The predicted octanol–water partition coefficient (Wildman–Crippen LogP) is 4.34. The molecule has 0 spiro atoms. The van der Waals surface area contributed by atoms with Crippen LogP contribution >= 0.6 is 0 Å². The number of pyridine rings is 1. The molecule has 0 bridgehead atoms. The molecule has 2 heterocycles. The first-order chi connectivity index (χ1) is 16.5. The van der Waals surface area contributed by atoms with Gasteiger partial charge in [-0.1, -0.05) is 36.4 Å². The number of anilines is 4. The van der Waals surface area contributed by atoms with E-state index in [1.54, 1.807) is 18.1 Å². The van der Waals surface area contributed by atoms with Crippen LogP contribution in [0.1, 0.15) is 35.7 Å². The van der Waals surface area contributed by atoms with E-state index in [2.05, 4.69) is 32.7 Å². The van der Waals surface area contributed by atoms with Crippen LogP contribution in [0.15, 0.2) is 66.9 Å². The third-order valence-electron chi connectivity index (χ3n) is 6.53. The Kier molecular flexibility index (Phi) is 5.92. The maximum atomic E-state index is 12.9. The minimum absolute atomic E-state index is 0.0378. The number of carbonyl (C=O) groups is 2. The highest BCUT2D eigenvalue weighted by molar-refractivity contribution is 6.05. The highest BCUT2D eigenvalue weighted by Crippen LogP contribution is 2.37. The van der Waals surface area contributed by atoms with Crippen molar-refractivity contribution in [1.29, 1.82) is 0 Å². The zero-order chi connectivity index (χ0) is 23.7. The van der Waals surface area contributed by atoms with Crippen LogP contribution < -0.4 is 20.4 Å². The van der Waals surface area contributed by atoms with Gasteiger partial charge in [0.1, 0.15) is 11.9 Å². The van der Waals surface area contributed by atoms with Crippen molar-refractivity contribution in [3.8, 4) is 0 Å². The Balaban J connectivity index is 1.39. The number of aromatic nitrogens is 1. The van der Waals surface area contributed by atoms with Gasteiger partial charge in [0.2, 0.25) is 5.91 Å². The summed E-state index contributed by atoms with van der Waals surface area (Å²) in [5.41, 5.74) is 4.25. The topological polar surface area (TPSA) is 77.6 Å². The summed E-state index contributed by atoms with van der Waals surface area (Å²) in [4.78, 5) is 33.7. The summed E-state index contributed by atoms with van der Waals surface area (Å²) in [5.74, 6) is 1.27. The Morgan fingerprint density at radius 1 is 1.06 bits per heavy atom. The van der Waals surface area contributed by atoms with Crippen molar-refractivity contribution in [3.05, 3.63) is 78.0 Å². The number of likely N-dealkylation sites (N-methyl/N-ethyl adjacent to an activating group) is 1. The van der Waals surface area contributed by atoms with Crippen molar-refractivity contribution < 1.29 is 9.59 Å². The molecular formula is C27H29N5O2. The van der Waals surface area contributed by atoms with Crippen molar-refractivity contribution in [1.82, 2.24) is 10.3 Å². The molecule has 1 aliphatic carbocycles. The number of nitrogens with zero attached hydrogens (tertiary/aromatic N) is 3. The van der Waals surface area contributed by atoms with Crippen molar-refractivity contribution in [2.75, 3.05) is 28.7 Å². The fraction of sp³-hybridized carbons (Fsp3) is 0.296. The minimum atomic E-state index is -0.300. The smallest absolute Gasteiger partial charge is 0.251 e. The Bertz CT molecular complexity index is 1210. The van der Waals surface area contributed by atoms with Crippen LogP contribution in [0, 0.1) is 5.92 Å². The first-order valence-corrected chi connectivity index (χ1v) is 11.7. The number of rotatable bonds is 7. The van der Waals surface area contributed by atoms with Gasteiger partial charge < -0.3 is 20.4 Å². The van der Waals surface area contributed by atoms with Crippen LogP contribution in [0.2, 0.25) is 0 Å². The summed E-state index contributed by atoms with van der Waals surface area (Å²) in [6.07, 6.45) is 4.13. The van der Waals surface area contributed by atoms with Crippen LogP contribution in [0.5, 0.6) is 0 Å². The molecule has 7 heteroatoms. The number of benzene rings is 2. The number of fused-ring (bicyclic) bond motifs is 1. The number of hydrogen-bond donors (Lipinski definition) is 2. The van der Waals surface area contributed by atoms with E-state index in [1.165, 1.54) is 12.8 Å². The predicted molar refractivity (Wildman–Crippen MR) is 135 cm³/mol. The Labute approximate surface area is 199 Å². The van der Waals surface area contributed by atoms with Gasteiger partial charge in [-0.2, -0.15) is 0 Å². The minimum Gasteiger partial charge on any atom is -0.354 e. The zero-order valence-corrected chi connectivity index (χ0v) is 19.5. The van der Waals surface area contributed by atoms with E-state index in [0.717, 1.165) is 29.2 Å². The molecule has 2 aromatic carbocycles. The largest absolute Gasteiger partial charge is 0.354 e. The molecule has 3 aromatic rings. The average molecular weight is 456 g/mol. The summed E-state index contributed by atoms with van der Waals surface area (Å²) in [7, 11) is 1.79. The lowest BCUT2D eigenvalue weighted by molar-refractivity contribution is -0.119. The highest BCUT2D eigenvalue weighted by Gasteiger charge is 2.34. The van der Waals surface area contributed by atoms with Crippen LogP contribution in [0.4, 0.5) is 22.9 Å². The van der Waals surface area contributed by atoms with E-state index in [1.807, 2.05) is 55.5 Å². The lowest BCUT2D eigenvalue weighted by atomic mass is 10.1. The monoisotopic (exact) mass is 455 g/mol. The number of amides is 2. The molecule has 7 nitrogen and oxygen atoms in total. The SMILES string of the molecule is CC1C(=O)N(C)c2cnc(Nc3cccc(C(=O)NCC4CC4)c3)cc2N1Cc1ccccc1. The Morgan fingerprint density at radius 2 is 1.85 bits per heavy atom. The number of carbonyl (C=O) groups excluding carboxylic acids is 2. The van der Waals surface area contributed by atoms with Gasteiger partial charge in [-0.05, 0) is 49.4 Å². The normalized spacial score (nSPS) is 17.4.